The molecule has 1 aromatic heterocycles. The van der Waals surface area contributed by atoms with E-state index in [0.29, 0.717) is 30.8 Å². The molecule has 0 unspecified atom stereocenters. The number of ether oxygens (including phenoxy) is 2. The Kier molecular flexibility index (Phi) is 3.46. The summed E-state index contributed by atoms with van der Waals surface area (Å²) in [4.78, 5) is 12.8. The second kappa shape index (κ2) is 5.35. The fraction of sp³-hybridized carbons (Fsp3) is 0.762. The van der Waals surface area contributed by atoms with Gasteiger partial charge in [-0.2, -0.15) is 0 Å². The predicted molar refractivity (Wildman–Crippen MR) is 93.3 cm³/mol. The third-order valence-electron chi connectivity index (χ3n) is 8.51. The summed E-state index contributed by atoms with van der Waals surface area (Å²) in [6.07, 6.45) is 4.65. The second-order valence-corrected chi connectivity index (χ2v) is 9.14. The zero-order valence-corrected chi connectivity index (χ0v) is 15.7. The van der Waals surface area contributed by atoms with E-state index in [2.05, 4.69) is 13.0 Å². The number of carbonyl (C=O) groups excluding carboxylic acids is 1. The van der Waals surface area contributed by atoms with Crippen LogP contribution in [-0.4, -0.2) is 30.9 Å². The molecule has 5 rings (SSSR count). The summed E-state index contributed by atoms with van der Waals surface area (Å²) in [5.74, 6) is 2.13. The van der Waals surface area contributed by atoms with Gasteiger partial charge in [-0.1, -0.05) is 6.92 Å². The van der Waals surface area contributed by atoms with Gasteiger partial charge in [0.15, 0.2) is 0 Å². The van der Waals surface area contributed by atoms with Crippen LogP contribution >= 0.6 is 0 Å². The minimum absolute atomic E-state index is 0.0128. The van der Waals surface area contributed by atoms with Crippen LogP contribution in [0.5, 0.6) is 0 Å². The van der Waals surface area contributed by atoms with Gasteiger partial charge < -0.3 is 19.0 Å². The van der Waals surface area contributed by atoms with Gasteiger partial charge in [-0.15, -0.1) is 0 Å². The smallest absolute Gasteiger partial charge is 0.314 e. The molecule has 5 heteroatoms. The molecule has 0 amide bonds. The lowest BCUT2D eigenvalue weighted by Crippen LogP contribution is -2.62. The van der Waals surface area contributed by atoms with Crippen LogP contribution in [0.1, 0.15) is 62.9 Å². The van der Waals surface area contributed by atoms with Gasteiger partial charge in [-0.3, -0.25) is 4.79 Å². The largest absolute Gasteiger partial charge is 0.469 e. The van der Waals surface area contributed by atoms with Gasteiger partial charge in [0.1, 0.15) is 11.9 Å². The van der Waals surface area contributed by atoms with Gasteiger partial charge in [0.05, 0.1) is 31.5 Å². The van der Waals surface area contributed by atoms with Gasteiger partial charge in [0.25, 0.3) is 0 Å². The van der Waals surface area contributed by atoms with E-state index in [1.807, 2.05) is 6.92 Å². The Labute approximate surface area is 154 Å². The van der Waals surface area contributed by atoms with Crippen LogP contribution in [0, 0.1) is 28.6 Å². The van der Waals surface area contributed by atoms with Crippen LogP contribution in [0.15, 0.2) is 16.7 Å². The predicted octanol–water partition coefficient (Wildman–Crippen LogP) is 3.43. The SMILES string of the molecule is COC(=O)[C@@]1(C)[C@@H]2CC[C@@H]3[C@@H]4[C@@H](OC[C@@]42CC[C@@H]1O)c1occc1[C@@H]3C. The molecule has 3 aliphatic carbocycles. The first-order valence-corrected chi connectivity index (χ1v) is 9.90. The third-order valence-corrected chi connectivity index (χ3v) is 8.51. The molecule has 1 aliphatic heterocycles. The number of methoxy groups -OCH3 is 1. The van der Waals surface area contributed by atoms with Crippen LogP contribution in [0.2, 0.25) is 0 Å². The highest BCUT2D eigenvalue weighted by Crippen LogP contribution is 2.70. The minimum atomic E-state index is -0.858. The minimum Gasteiger partial charge on any atom is -0.469 e. The molecule has 1 N–H and O–H groups in total. The first-order chi connectivity index (χ1) is 12.4. The summed E-state index contributed by atoms with van der Waals surface area (Å²) in [6.45, 7) is 4.86. The lowest BCUT2D eigenvalue weighted by atomic mass is 9.43. The quantitative estimate of drug-likeness (QED) is 0.777. The summed E-state index contributed by atoms with van der Waals surface area (Å²) in [5, 5.41) is 10.8. The Morgan fingerprint density at radius 3 is 2.92 bits per heavy atom. The summed E-state index contributed by atoms with van der Waals surface area (Å²) in [5.41, 5.74) is 0.357. The third kappa shape index (κ3) is 1.76. The summed E-state index contributed by atoms with van der Waals surface area (Å²) >= 11 is 0. The van der Waals surface area contributed by atoms with E-state index < -0.39 is 11.5 Å². The van der Waals surface area contributed by atoms with Crippen LogP contribution < -0.4 is 0 Å². The number of aliphatic hydroxyl groups excluding tert-OH is 1. The van der Waals surface area contributed by atoms with Gasteiger partial charge >= 0.3 is 5.97 Å². The van der Waals surface area contributed by atoms with Crippen molar-refractivity contribution >= 4 is 5.97 Å². The highest BCUT2D eigenvalue weighted by molar-refractivity contribution is 5.78. The summed E-state index contributed by atoms with van der Waals surface area (Å²) in [6, 6.07) is 2.10. The zero-order valence-electron chi connectivity index (χ0n) is 15.7. The van der Waals surface area contributed by atoms with E-state index in [4.69, 9.17) is 13.9 Å². The first kappa shape index (κ1) is 16.8. The van der Waals surface area contributed by atoms with Gasteiger partial charge in [-0.05, 0) is 62.0 Å². The molecule has 2 saturated carbocycles. The first-order valence-electron chi connectivity index (χ1n) is 9.90. The summed E-state index contributed by atoms with van der Waals surface area (Å²) < 4.78 is 17.4. The average Bonchev–Trinajstić information content (AvgIpc) is 3.27. The van der Waals surface area contributed by atoms with E-state index in [1.54, 1.807) is 6.26 Å². The van der Waals surface area contributed by atoms with Gasteiger partial charge in [0, 0.05) is 11.3 Å². The van der Waals surface area contributed by atoms with Crippen molar-refractivity contribution < 1.29 is 23.8 Å². The lowest BCUT2D eigenvalue weighted by Gasteiger charge is -2.60. The highest BCUT2D eigenvalue weighted by Gasteiger charge is 2.70. The maximum Gasteiger partial charge on any atom is 0.314 e. The van der Waals surface area contributed by atoms with E-state index in [1.165, 1.54) is 12.7 Å². The molecule has 3 fully saturated rings. The maximum absolute atomic E-state index is 12.8. The molecule has 4 aliphatic rings. The van der Waals surface area contributed by atoms with Crippen molar-refractivity contribution in [2.45, 2.75) is 57.7 Å². The molecular weight excluding hydrogens is 332 g/mol. The molecule has 5 nitrogen and oxygen atoms in total. The van der Waals surface area contributed by atoms with Crippen molar-refractivity contribution in [1.82, 2.24) is 0 Å². The number of fused-ring (bicyclic) bond motifs is 2. The molecule has 0 bridgehead atoms. The number of aliphatic hydroxyl groups is 1. The molecule has 1 saturated heterocycles. The molecule has 8 atom stereocenters. The van der Waals surface area contributed by atoms with Crippen LogP contribution in [0.4, 0.5) is 0 Å². The Bertz CT molecular complexity index is 741. The number of hydrogen-bond acceptors (Lipinski definition) is 5. The molecule has 1 spiro atoms. The monoisotopic (exact) mass is 360 g/mol. The molecule has 26 heavy (non-hydrogen) atoms. The van der Waals surface area contributed by atoms with Crippen LogP contribution in [0.25, 0.3) is 0 Å². The fourth-order valence-electron chi connectivity index (χ4n) is 7.27. The summed E-state index contributed by atoms with van der Waals surface area (Å²) in [7, 11) is 1.43. The Morgan fingerprint density at radius 2 is 2.15 bits per heavy atom. The number of hydrogen-bond donors (Lipinski definition) is 1. The molecular formula is C21H28O5. The molecule has 0 aromatic carbocycles. The molecule has 0 radical (unpaired) electrons. The highest BCUT2D eigenvalue weighted by atomic mass is 16.5. The van der Waals surface area contributed by atoms with Gasteiger partial charge in [0.2, 0.25) is 0 Å². The van der Waals surface area contributed by atoms with Crippen molar-refractivity contribution in [2.75, 3.05) is 13.7 Å². The lowest BCUT2D eigenvalue weighted by molar-refractivity contribution is -0.193. The number of furan rings is 1. The van der Waals surface area contributed by atoms with Crippen molar-refractivity contribution in [3.05, 3.63) is 23.7 Å². The number of carbonyl (C=O) groups is 1. The number of esters is 1. The molecule has 1 aromatic rings. The topological polar surface area (TPSA) is 68.9 Å². The Hall–Kier alpha value is -1.33. The Balaban J connectivity index is 1.63. The van der Waals surface area contributed by atoms with E-state index in [0.717, 1.165) is 25.0 Å². The fourth-order valence-corrected chi connectivity index (χ4v) is 7.27. The van der Waals surface area contributed by atoms with Crippen molar-refractivity contribution in [2.24, 2.45) is 28.6 Å². The van der Waals surface area contributed by atoms with Crippen molar-refractivity contribution in [3.8, 4) is 0 Å². The van der Waals surface area contributed by atoms with Crippen molar-refractivity contribution in [1.29, 1.82) is 0 Å². The number of rotatable bonds is 1. The van der Waals surface area contributed by atoms with Crippen LogP contribution in [-0.2, 0) is 14.3 Å². The van der Waals surface area contributed by atoms with Crippen molar-refractivity contribution in [3.63, 3.8) is 0 Å². The van der Waals surface area contributed by atoms with Gasteiger partial charge in [-0.25, -0.2) is 0 Å². The van der Waals surface area contributed by atoms with E-state index in [-0.39, 0.29) is 23.4 Å². The standard InChI is InChI=1S/C21H28O5/c1-11-12-4-5-14-20(2,19(23)24-3)15(22)6-8-21(14)10-26-18(16(12)21)17-13(11)7-9-25-17/h7,9,11-12,14-16,18,22H,4-6,8,10H2,1-3H3/t11-,12+,14+,15+,16-,18-,20+,21-/m1/s1. The van der Waals surface area contributed by atoms with E-state index >= 15 is 0 Å². The maximum atomic E-state index is 12.8. The Morgan fingerprint density at radius 1 is 1.35 bits per heavy atom. The normalized spacial score (nSPS) is 49.1. The zero-order chi connectivity index (χ0) is 18.3. The second-order valence-electron chi connectivity index (χ2n) is 9.14. The van der Waals surface area contributed by atoms with E-state index in [9.17, 15) is 9.90 Å². The average molecular weight is 360 g/mol. The van der Waals surface area contributed by atoms with Crippen LogP contribution in [0.3, 0.4) is 0 Å². The molecule has 142 valence electrons. The molecule has 2 heterocycles.